The minimum Gasteiger partial charge on any atom is -0.481 e. The van der Waals surface area contributed by atoms with Crippen LogP contribution >= 0.6 is 0 Å². The molecule has 2 aliphatic carbocycles. The lowest BCUT2D eigenvalue weighted by Crippen LogP contribution is -2.17. The third-order valence-corrected chi connectivity index (χ3v) is 2.82. The van der Waals surface area contributed by atoms with E-state index in [0.717, 1.165) is 31.1 Å². The highest BCUT2D eigenvalue weighted by Crippen LogP contribution is 2.49. The summed E-state index contributed by atoms with van der Waals surface area (Å²) < 4.78 is 0. The van der Waals surface area contributed by atoms with Gasteiger partial charge in [-0.1, -0.05) is 6.42 Å². The zero-order chi connectivity index (χ0) is 7.14. The van der Waals surface area contributed by atoms with Crippen LogP contribution in [0.25, 0.3) is 0 Å². The maximum atomic E-state index is 10.6. The molecule has 0 saturated heterocycles. The number of hydrogen-bond donors (Lipinski definition) is 1. The number of carboxylic acids is 1. The minimum atomic E-state index is -0.646. The van der Waals surface area contributed by atoms with E-state index < -0.39 is 5.97 Å². The Morgan fingerprint density at radius 2 is 2.30 bits per heavy atom. The fourth-order valence-corrected chi connectivity index (χ4v) is 2.32. The summed E-state index contributed by atoms with van der Waals surface area (Å²) in [5.74, 6) is 1.32. The molecule has 0 aromatic carbocycles. The van der Waals surface area contributed by atoms with E-state index in [9.17, 15) is 4.79 Å². The highest BCUT2D eigenvalue weighted by atomic mass is 16.4. The smallest absolute Gasteiger partial charge is 0.311 e. The molecule has 2 unspecified atom stereocenters. The number of carboxylic acid groups (broad SMARTS) is 1. The SMILES string of the molecule is O=C(O)[C]1CC2CCC1C2. The van der Waals surface area contributed by atoms with E-state index in [0.29, 0.717) is 5.92 Å². The Labute approximate surface area is 60.2 Å². The van der Waals surface area contributed by atoms with Gasteiger partial charge in [0.25, 0.3) is 0 Å². The van der Waals surface area contributed by atoms with Crippen molar-refractivity contribution in [2.45, 2.75) is 25.7 Å². The predicted molar refractivity (Wildman–Crippen MR) is 36.3 cm³/mol. The van der Waals surface area contributed by atoms with Crippen molar-refractivity contribution in [3.63, 3.8) is 0 Å². The molecule has 2 atom stereocenters. The van der Waals surface area contributed by atoms with E-state index in [-0.39, 0.29) is 0 Å². The van der Waals surface area contributed by atoms with Gasteiger partial charge < -0.3 is 5.11 Å². The second-order valence-electron chi connectivity index (χ2n) is 3.41. The second-order valence-corrected chi connectivity index (χ2v) is 3.41. The number of hydrogen-bond acceptors (Lipinski definition) is 1. The molecular formula is C8H11O2. The summed E-state index contributed by atoms with van der Waals surface area (Å²) >= 11 is 0. The van der Waals surface area contributed by atoms with Crippen molar-refractivity contribution in [2.24, 2.45) is 11.8 Å². The molecule has 55 valence electrons. The lowest BCUT2D eigenvalue weighted by Gasteiger charge is -2.15. The molecule has 2 rings (SSSR count). The maximum Gasteiger partial charge on any atom is 0.311 e. The van der Waals surface area contributed by atoms with Crippen molar-refractivity contribution >= 4 is 5.97 Å². The first-order chi connectivity index (χ1) is 4.77. The largest absolute Gasteiger partial charge is 0.481 e. The van der Waals surface area contributed by atoms with Crippen LogP contribution in [0.1, 0.15) is 25.7 Å². The molecule has 2 aliphatic rings. The summed E-state index contributed by atoms with van der Waals surface area (Å²) in [5.41, 5.74) is 0. The van der Waals surface area contributed by atoms with Crippen molar-refractivity contribution in [1.29, 1.82) is 0 Å². The van der Waals surface area contributed by atoms with Gasteiger partial charge in [-0.3, -0.25) is 4.79 Å². The van der Waals surface area contributed by atoms with Gasteiger partial charge in [-0.2, -0.15) is 0 Å². The van der Waals surface area contributed by atoms with Crippen LogP contribution in [-0.2, 0) is 4.79 Å². The standard InChI is InChI=1S/C8H11O2/c9-8(10)7-4-5-1-2-6(7)3-5/h5-6H,1-4H2,(H,9,10). The number of fused-ring (bicyclic) bond motifs is 2. The van der Waals surface area contributed by atoms with Crippen LogP contribution in [-0.4, -0.2) is 11.1 Å². The molecule has 0 aromatic heterocycles. The molecule has 1 N–H and O–H groups in total. The Morgan fingerprint density at radius 1 is 1.50 bits per heavy atom. The van der Waals surface area contributed by atoms with Crippen molar-refractivity contribution < 1.29 is 9.90 Å². The lowest BCUT2D eigenvalue weighted by atomic mass is 9.89. The average Bonchev–Trinajstić information content (AvgIpc) is 2.44. The van der Waals surface area contributed by atoms with Gasteiger partial charge in [0.2, 0.25) is 0 Å². The van der Waals surface area contributed by atoms with Crippen LogP contribution in [0.5, 0.6) is 0 Å². The van der Waals surface area contributed by atoms with Crippen LogP contribution in [0.3, 0.4) is 0 Å². The van der Waals surface area contributed by atoms with E-state index in [1.165, 1.54) is 6.42 Å². The Bertz CT molecular complexity index is 165. The third-order valence-electron chi connectivity index (χ3n) is 2.82. The molecule has 0 spiro atoms. The van der Waals surface area contributed by atoms with Crippen LogP contribution in [0.4, 0.5) is 0 Å². The second kappa shape index (κ2) is 1.97. The number of aliphatic carboxylic acids is 1. The quantitative estimate of drug-likeness (QED) is 0.597. The summed E-state index contributed by atoms with van der Waals surface area (Å²) in [6.45, 7) is 0. The van der Waals surface area contributed by atoms with E-state index >= 15 is 0 Å². The Hall–Kier alpha value is -0.530. The third kappa shape index (κ3) is 0.746. The molecule has 10 heavy (non-hydrogen) atoms. The molecule has 2 nitrogen and oxygen atoms in total. The molecule has 2 saturated carbocycles. The summed E-state index contributed by atoms with van der Waals surface area (Å²) in [6, 6.07) is 0. The van der Waals surface area contributed by atoms with E-state index in [2.05, 4.69) is 0 Å². The zero-order valence-electron chi connectivity index (χ0n) is 5.84. The zero-order valence-corrected chi connectivity index (χ0v) is 5.84. The number of carbonyl (C=O) groups is 1. The van der Waals surface area contributed by atoms with E-state index in [4.69, 9.17) is 5.11 Å². The molecule has 0 aromatic rings. The van der Waals surface area contributed by atoms with Crippen LogP contribution in [0, 0.1) is 17.8 Å². The fourth-order valence-electron chi connectivity index (χ4n) is 2.32. The lowest BCUT2D eigenvalue weighted by molar-refractivity contribution is -0.135. The molecule has 0 heterocycles. The monoisotopic (exact) mass is 139 g/mol. The molecular weight excluding hydrogens is 128 g/mol. The van der Waals surface area contributed by atoms with Crippen LogP contribution < -0.4 is 0 Å². The van der Waals surface area contributed by atoms with Gasteiger partial charge in [0.05, 0.1) is 5.92 Å². The topological polar surface area (TPSA) is 37.3 Å². The van der Waals surface area contributed by atoms with Crippen molar-refractivity contribution in [1.82, 2.24) is 0 Å². The van der Waals surface area contributed by atoms with Gasteiger partial charge in [0.15, 0.2) is 0 Å². The van der Waals surface area contributed by atoms with Crippen LogP contribution in [0.2, 0.25) is 0 Å². The molecule has 2 heteroatoms. The normalized spacial score (nSPS) is 38.8. The van der Waals surface area contributed by atoms with E-state index in [1.54, 1.807) is 0 Å². The highest BCUT2D eigenvalue weighted by Gasteiger charge is 2.43. The predicted octanol–water partition coefficient (Wildman–Crippen LogP) is 1.47. The summed E-state index contributed by atoms with van der Waals surface area (Å²) in [4.78, 5) is 10.6. The summed E-state index contributed by atoms with van der Waals surface area (Å²) in [5, 5.41) is 8.70. The molecule has 0 amide bonds. The highest BCUT2D eigenvalue weighted by molar-refractivity contribution is 5.84. The van der Waals surface area contributed by atoms with Gasteiger partial charge >= 0.3 is 5.97 Å². The maximum absolute atomic E-state index is 10.6. The first kappa shape index (κ1) is 6.20. The number of rotatable bonds is 1. The molecule has 2 fully saturated rings. The molecule has 1 radical (unpaired) electrons. The van der Waals surface area contributed by atoms with Crippen molar-refractivity contribution in [2.75, 3.05) is 0 Å². The summed E-state index contributed by atoms with van der Waals surface area (Å²) in [7, 11) is 0. The first-order valence-electron chi connectivity index (χ1n) is 3.86. The minimum absolute atomic E-state index is 0.447. The van der Waals surface area contributed by atoms with Gasteiger partial charge in [0.1, 0.15) is 0 Å². The molecule has 0 aliphatic heterocycles. The van der Waals surface area contributed by atoms with Gasteiger partial charge in [-0.05, 0) is 31.1 Å². The van der Waals surface area contributed by atoms with Crippen molar-refractivity contribution in [3.8, 4) is 0 Å². The summed E-state index contributed by atoms with van der Waals surface area (Å²) in [6.07, 6.45) is 4.43. The van der Waals surface area contributed by atoms with Gasteiger partial charge in [0, 0.05) is 0 Å². The van der Waals surface area contributed by atoms with Gasteiger partial charge in [-0.25, -0.2) is 0 Å². The van der Waals surface area contributed by atoms with E-state index in [1.807, 2.05) is 0 Å². The Morgan fingerprint density at radius 3 is 2.60 bits per heavy atom. The average molecular weight is 139 g/mol. The van der Waals surface area contributed by atoms with Crippen molar-refractivity contribution in [3.05, 3.63) is 5.92 Å². The molecule has 2 bridgehead atoms. The van der Waals surface area contributed by atoms with Crippen LogP contribution in [0.15, 0.2) is 0 Å². The first-order valence-corrected chi connectivity index (χ1v) is 3.86. The fraction of sp³-hybridized carbons (Fsp3) is 0.750. The Balaban J connectivity index is 2.08. The van der Waals surface area contributed by atoms with Gasteiger partial charge in [-0.15, -0.1) is 0 Å². The Kier molecular flexibility index (Phi) is 1.22.